The standard InChI is InChI=1S/C19H20N2O/c1-2-9-16(8-1)22-13-14-6-5-7-15(12-14)19-20-17-10-3-4-11-18(17)21-19/h3-7,10-12,16H,1-2,8-9,13H2,(H,20,21). The highest BCUT2D eigenvalue weighted by Gasteiger charge is 2.15. The average molecular weight is 292 g/mol. The Morgan fingerprint density at radius 2 is 1.91 bits per heavy atom. The van der Waals surface area contributed by atoms with Crippen LogP contribution in [0.25, 0.3) is 22.4 Å². The third-order valence-corrected chi connectivity index (χ3v) is 4.38. The first-order valence-electron chi connectivity index (χ1n) is 8.04. The van der Waals surface area contributed by atoms with Crippen molar-refractivity contribution in [2.45, 2.75) is 38.4 Å². The average Bonchev–Trinajstić information content (AvgIpc) is 3.22. The fourth-order valence-electron chi connectivity index (χ4n) is 3.17. The molecule has 1 heterocycles. The van der Waals surface area contributed by atoms with Crippen LogP contribution in [0, 0.1) is 0 Å². The van der Waals surface area contributed by atoms with E-state index in [1.54, 1.807) is 0 Å². The third-order valence-electron chi connectivity index (χ3n) is 4.38. The van der Waals surface area contributed by atoms with Gasteiger partial charge in [0.1, 0.15) is 5.82 Å². The summed E-state index contributed by atoms with van der Waals surface area (Å²) in [4.78, 5) is 8.05. The summed E-state index contributed by atoms with van der Waals surface area (Å²) in [6.07, 6.45) is 5.50. The van der Waals surface area contributed by atoms with Gasteiger partial charge < -0.3 is 9.72 Å². The Morgan fingerprint density at radius 3 is 2.77 bits per heavy atom. The molecule has 4 rings (SSSR count). The molecule has 3 heteroatoms. The van der Waals surface area contributed by atoms with Crippen molar-refractivity contribution in [3.8, 4) is 11.4 Å². The number of nitrogens with zero attached hydrogens (tertiary/aromatic N) is 1. The topological polar surface area (TPSA) is 37.9 Å². The van der Waals surface area contributed by atoms with E-state index in [0.717, 1.165) is 22.4 Å². The molecule has 2 aromatic carbocycles. The van der Waals surface area contributed by atoms with Gasteiger partial charge in [0.2, 0.25) is 0 Å². The molecule has 0 atom stereocenters. The SMILES string of the molecule is c1cc(COC2CCCC2)cc(-c2nc3ccccc3[nH]2)c1. The normalized spacial score (nSPS) is 15.6. The second kappa shape index (κ2) is 5.93. The van der Waals surface area contributed by atoms with Crippen molar-refractivity contribution in [3.05, 3.63) is 54.1 Å². The highest BCUT2D eigenvalue weighted by atomic mass is 16.5. The highest BCUT2D eigenvalue weighted by Crippen LogP contribution is 2.24. The number of imidazole rings is 1. The number of hydrogen-bond donors (Lipinski definition) is 1. The molecule has 22 heavy (non-hydrogen) atoms. The van der Waals surface area contributed by atoms with Crippen LogP contribution in [0.3, 0.4) is 0 Å². The Hall–Kier alpha value is -2.13. The van der Waals surface area contributed by atoms with E-state index < -0.39 is 0 Å². The minimum atomic E-state index is 0.454. The lowest BCUT2D eigenvalue weighted by atomic mass is 10.1. The lowest BCUT2D eigenvalue weighted by Gasteiger charge is -2.11. The molecule has 3 nitrogen and oxygen atoms in total. The molecule has 112 valence electrons. The van der Waals surface area contributed by atoms with Gasteiger partial charge in [-0.3, -0.25) is 0 Å². The summed E-state index contributed by atoms with van der Waals surface area (Å²) in [5, 5.41) is 0. The summed E-state index contributed by atoms with van der Waals surface area (Å²) in [7, 11) is 0. The summed E-state index contributed by atoms with van der Waals surface area (Å²) in [5.74, 6) is 0.920. The zero-order valence-electron chi connectivity index (χ0n) is 12.6. The Kier molecular flexibility index (Phi) is 3.65. The fourth-order valence-corrected chi connectivity index (χ4v) is 3.17. The predicted molar refractivity (Wildman–Crippen MR) is 88.6 cm³/mol. The molecule has 1 aromatic heterocycles. The van der Waals surface area contributed by atoms with E-state index in [1.165, 1.54) is 31.2 Å². The van der Waals surface area contributed by atoms with Crippen molar-refractivity contribution in [2.75, 3.05) is 0 Å². The minimum Gasteiger partial charge on any atom is -0.374 e. The number of fused-ring (bicyclic) bond motifs is 1. The Bertz CT molecular complexity index is 739. The van der Waals surface area contributed by atoms with Gasteiger partial charge in [0.05, 0.1) is 23.7 Å². The zero-order chi connectivity index (χ0) is 14.8. The molecular weight excluding hydrogens is 272 g/mol. The van der Waals surface area contributed by atoms with Crippen molar-refractivity contribution in [2.24, 2.45) is 0 Å². The summed E-state index contributed by atoms with van der Waals surface area (Å²) < 4.78 is 6.01. The fraction of sp³-hybridized carbons (Fsp3) is 0.316. The molecule has 1 N–H and O–H groups in total. The zero-order valence-corrected chi connectivity index (χ0v) is 12.6. The van der Waals surface area contributed by atoms with Crippen molar-refractivity contribution in [1.29, 1.82) is 0 Å². The van der Waals surface area contributed by atoms with Crippen LogP contribution in [-0.4, -0.2) is 16.1 Å². The smallest absolute Gasteiger partial charge is 0.138 e. The number of rotatable bonds is 4. The van der Waals surface area contributed by atoms with Crippen LogP contribution in [-0.2, 0) is 11.3 Å². The van der Waals surface area contributed by atoms with Crippen molar-refractivity contribution < 1.29 is 4.74 Å². The summed E-state index contributed by atoms with van der Waals surface area (Å²) in [6.45, 7) is 0.693. The number of H-pyrrole nitrogens is 1. The first-order chi connectivity index (χ1) is 10.9. The second-order valence-electron chi connectivity index (χ2n) is 6.02. The van der Waals surface area contributed by atoms with Crippen molar-refractivity contribution in [1.82, 2.24) is 9.97 Å². The maximum atomic E-state index is 6.01. The van der Waals surface area contributed by atoms with Gasteiger partial charge in [-0.05, 0) is 36.6 Å². The van der Waals surface area contributed by atoms with Gasteiger partial charge in [0, 0.05) is 5.56 Å². The van der Waals surface area contributed by atoms with Crippen LogP contribution < -0.4 is 0 Å². The van der Waals surface area contributed by atoms with E-state index in [-0.39, 0.29) is 0 Å². The molecule has 0 amide bonds. The monoisotopic (exact) mass is 292 g/mol. The predicted octanol–water partition coefficient (Wildman–Crippen LogP) is 4.69. The van der Waals surface area contributed by atoms with E-state index in [2.05, 4.69) is 40.3 Å². The van der Waals surface area contributed by atoms with Gasteiger partial charge >= 0.3 is 0 Å². The molecule has 1 saturated carbocycles. The molecule has 0 radical (unpaired) electrons. The molecule has 0 bridgehead atoms. The largest absolute Gasteiger partial charge is 0.374 e. The van der Waals surface area contributed by atoms with Crippen LogP contribution in [0.4, 0.5) is 0 Å². The van der Waals surface area contributed by atoms with Gasteiger partial charge in [-0.2, -0.15) is 0 Å². The van der Waals surface area contributed by atoms with Crippen LogP contribution >= 0.6 is 0 Å². The van der Waals surface area contributed by atoms with Gasteiger partial charge in [-0.1, -0.05) is 43.2 Å². The lowest BCUT2D eigenvalue weighted by Crippen LogP contribution is -2.07. The number of aromatic amines is 1. The Morgan fingerprint density at radius 1 is 1.05 bits per heavy atom. The second-order valence-corrected chi connectivity index (χ2v) is 6.02. The first-order valence-corrected chi connectivity index (χ1v) is 8.04. The molecule has 0 spiro atoms. The number of benzene rings is 2. The molecule has 0 aliphatic heterocycles. The summed E-state index contributed by atoms with van der Waals surface area (Å²) in [6, 6.07) is 16.6. The highest BCUT2D eigenvalue weighted by molar-refractivity contribution is 5.79. The maximum Gasteiger partial charge on any atom is 0.138 e. The first kappa shape index (κ1) is 13.5. The van der Waals surface area contributed by atoms with Crippen molar-refractivity contribution >= 4 is 11.0 Å². The van der Waals surface area contributed by atoms with Crippen LogP contribution in [0.5, 0.6) is 0 Å². The number of ether oxygens (including phenoxy) is 1. The summed E-state index contributed by atoms with van der Waals surface area (Å²) in [5.41, 5.74) is 4.41. The molecule has 0 saturated heterocycles. The van der Waals surface area contributed by atoms with Gasteiger partial charge in [0.25, 0.3) is 0 Å². The maximum absolute atomic E-state index is 6.01. The van der Waals surface area contributed by atoms with E-state index in [1.807, 2.05) is 18.2 Å². The Labute approximate surface area is 130 Å². The molecular formula is C19H20N2O. The number of para-hydroxylation sites is 2. The van der Waals surface area contributed by atoms with Crippen LogP contribution in [0.15, 0.2) is 48.5 Å². The number of hydrogen-bond acceptors (Lipinski definition) is 2. The molecule has 1 aliphatic rings. The Balaban J connectivity index is 1.55. The quantitative estimate of drug-likeness (QED) is 0.757. The van der Waals surface area contributed by atoms with Crippen molar-refractivity contribution in [3.63, 3.8) is 0 Å². The molecule has 1 aliphatic carbocycles. The van der Waals surface area contributed by atoms with E-state index in [0.29, 0.717) is 12.7 Å². The van der Waals surface area contributed by atoms with E-state index in [9.17, 15) is 0 Å². The lowest BCUT2D eigenvalue weighted by molar-refractivity contribution is 0.0457. The minimum absolute atomic E-state index is 0.454. The molecule has 3 aromatic rings. The summed E-state index contributed by atoms with van der Waals surface area (Å²) >= 11 is 0. The van der Waals surface area contributed by atoms with E-state index in [4.69, 9.17) is 4.74 Å². The molecule has 0 unspecified atom stereocenters. The van der Waals surface area contributed by atoms with Gasteiger partial charge in [-0.25, -0.2) is 4.98 Å². The van der Waals surface area contributed by atoms with E-state index >= 15 is 0 Å². The third kappa shape index (κ3) is 2.77. The van der Waals surface area contributed by atoms with Gasteiger partial charge in [0.15, 0.2) is 0 Å². The number of aromatic nitrogens is 2. The molecule has 1 fully saturated rings. The van der Waals surface area contributed by atoms with Gasteiger partial charge in [-0.15, -0.1) is 0 Å². The van der Waals surface area contributed by atoms with Crippen LogP contribution in [0.2, 0.25) is 0 Å². The number of nitrogens with one attached hydrogen (secondary N) is 1. The van der Waals surface area contributed by atoms with Crippen LogP contribution in [0.1, 0.15) is 31.2 Å².